The second kappa shape index (κ2) is 9.70. The first kappa shape index (κ1) is 21.3. The van der Waals surface area contributed by atoms with Crippen molar-refractivity contribution in [2.24, 2.45) is 0 Å². The zero-order valence-corrected chi connectivity index (χ0v) is 19.6. The van der Waals surface area contributed by atoms with Crippen molar-refractivity contribution in [3.05, 3.63) is 20.8 Å². The van der Waals surface area contributed by atoms with E-state index < -0.39 is 24.6 Å². The Balaban J connectivity index is 2.82. The average Bonchev–Trinajstić information content (AvgIpc) is 2.94. The fourth-order valence-electron chi connectivity index (χ4n) is 3.16. The first-order valence-electron chi connectivity index (χ1n) is 8.69. The molecule has 0 bridgehead atoms. The van der Waals surface area contributed by atoms with Gasteiger partial charge in [-0.25, -0.2) is 0 Å². The molecule has 0 fully saturated rings. The van der Waals surface area contributed by atoms with Gasteiger partial charge >= 0.3 is 149 Å². The van der Waals surface area contributed by atoms with Crippen LogP contribution < -0.4 is 0 Å². The van der Waals surface area contributed by atoms with Gasteiger partial charge in [-0.15, -0.1) is 0 Å². The molecule has 0 atom stereocenters. The Kier molecular flexibility index (Phi) is 9.00. The second-order valence-corrected chi connectivity index (χ2v) is 21.8. The monoisotopic (exact) mass is 521 g/mol. The molecule has 0 aromatic carbocycles. The van der Waals surface area contributed by atoms with Gasteiger partial charge in [-0.05, 0) is 0 Å². The standard InChI is InChI=1S/C16H29O2Si.3CH3.Pt/c1-5-6-7-8-9-10-12-15-13-11-14-16(15)19(4,17-2)18-3;;;;/h14H,5-12H2,1-4H3;3*1H3;. The van der Waals surface area contributed by atoms with Crippen LogP contribution in [0.3, 0.4) is 0 Å². The molecule has 0 N–H and O–H groups in total. The molecular weight excluding hydrogens is 483 g/mol. The Morgan fingerprint density at radius 3 is 2.09 bits per heavy atom. The zero-order chi connectivity index (χ0) is 17.5. The van der Waals surface area contributed by atoms with Crippen molar-refractivity contribution in [1.82, 2.24) is 0 Å². The third-order valence-corrected chi connectivity index (χ3v) is 13.0. The summed E-state index contributed by atoms with van der Waals surface area (Å²) in [5.74, 6) is 0. The van der Waals surface area contributed by atoms with E-state index in [0.29, 0.717) is 0 Å². The van der Waals surface area contributed by atoms with Crippen LogP contribution in [0.25, 0.3) is 0 Å². The molecule has 0 aromatic heterocycles. The molecule has 1 rings (SSSR count). The number of unbranched alkanes of at least 4 members (excludes halogenated alkanes) is 5. The van der Waals surface area contributed by atoms with Crippen molar-refractivity contribution in [3.8, 4) is 0 Å². The minimum absolute atomic E-state index is 1.15. The van der Waals surface area contributed by atoms with Gasteiger partial charge in [0.1, 0.15) is 0 Å². The van der Waals surface area contributed by atoms with Crippen LogP contribution in [0.5, 0.6) is 0 Å². The van der Waals surface area contributed by atoms with Gasteiger partial charge in [0.05, 0.1) is 0 Å². The predicted octanol–water partition coefficient (Wildman–Crippen LogP) is 6.52. The zero-order valence-electron chi connectivity index (χ0n) is 16.4. The van der Waals surface area contributed by atoms with Gasteiger partial charge in [0, 0.05) is 0 Å². The molecule has 0 spiro atoms. The van der Waals surface area contributed by atoms with Crippen LogP contribution in [0, 0.1) is 0 Å². The Labute approximate surface area is 149 Å². The minimum atomic E-state index is -2.20. The third kappa shape index (κ3) is 5.95. The molecule has 1 aliphatic rings. The third-order valence-electron chi connectivity index (χ3n) is 4.73. The Morgan fingerprint density at radius 1 is 1.00 bits per heavy atom. The van der Waals surface area contributed by atoms with Crippen molar-refractivity contribution in [2.75, 3.05) is 14.2 Å². The number of hydrogen-bond acceptors (Lipinski definition) is 2. The summed E-state index contributed by atoms with van der Waals surface area (Å²) in [4.78, 5) is 0. The fourth-order valence-corrected chi connectivity index (χ4v) is 9.59. The average molecular weight is 522 g/mol. The first-order chi connectivity index (χ1) is 10.8. The molecule has 140 valence electrons. The van der Waals surface area contributed by atoms with Crippen molar-refractivity contribution in [3.63, 3.8) is 0 Å². The van der Waals surface area contributed by atoms with Crippen molar-refractivity contribution in [1.29, 1.82) is 0 Å². The Morgan fingerprint density at radius 2 is 1.57 bits per heavy atom. The van der Waals surface area contributed by atoms with E-state index in [1.165, 1.54) is 50.1 Å². The van der Waals surface area contributed by atoms with Gasteiger partial charge in [0.15, 0.2) is 0 Å². The maximum atomic E-state index is 5.86. The van der Waals surface area contributed by atoms with E-state index in [-0.39, 0.29) is 0 Å². The fraction of sp³-hybridized carbons (Fsp3) is 0.789. The molecule has 2 nitrogen and oxygen atoms in total. The summed E-state index contributed by atoms with van der Waals surface area (Å²) in [6, 6.07) is 0. The van der Waals surface area contributed by atoms with E-state index in [9.17, 15) is 0 Å². The van der Waals surface area contributed by atoms with Gasteiger partial charge in [-0.3, -0.25) is 0 Å². The summed E-state index contributed by atoms with van der Waals surface area (Å²) >= 11 is -1.73. The predicted molar refractivity (Wildman–Crippen MR) is 101 cm³/mol. The van der Waals surface area contributed by atoms with Crippen LogP contribution in [0.1, 0.15) is 58.3 Å². The SMILES string of the molecule is CCCCCCCCC1=[C]([Pt]([CH3])([CH3])[CH3])CC=C1[Si](C)(OC)OC. The molecule has 0 saturated heterocycles. The molecule has 0 aromatic rings. The molecular formula is C19H38O2PtSi. The van der Waals surface area contributed by atoms with E-state index in [0.717, 1.165) is 6.42 Å². The van der Waals surface area contributed by atoms with Crippen LogP contribution in [0.2, 0.25) is 22.5 Å². The topological polar surface area (TPSA) is 18.5 Å². The summed E-state index contributed by atoms with van der Waals surface area (Å²) in [6.45, 7) is 4.47. The van der Waals surface area contributed by atoms with E-state index in [2.05, 4.69) is 35.5 Å². The van der Waals surface area contributed by atoms with Crippen LogP contribution in [-0.2, 0) is 24.9 Å². The van der Waals surface area contributed by atoms with Gasteiger partial charge in [-0.2, -0.15) is 0 Å². The molecule has 0 amide bonds. The summed E-state index contributed by atoms with van der Waals surface area (Å²) < 4.78 is 13.5. The van der Waals surface area contributed by atoms with Crippen LogP contribution >= 0.6 is 0 Å². The maximum absolute atomic E-state index is 5.86. The molecule has 0 unspecified atom stereocenters. The van der Waals surface area contributed by atoms with Crippen LogP contribution in [-0.4, -0.2) is 22.8 Å². The first-order valence-corrected chi connectivity index (χ1v) is 19.0. The molecule has 0 heterocycles. The number of rotatable bonds is 11. The quantitative estimate of drug-likeness (QED) is 0.228. The second-order valence-electron chi connectivity index (χ2n) is 6.96. The number of allylic oxidation sites excluding steroid dienone is 4. The summed E-state index contributed by atoms with van der Waals surface area (Å²) in [5, 5.41) is 8.97. The van der Waals surface area contributed by atoms with E-state index in [1.54, 1.807) is 9.54 Å². The van der Waals surface area contributed by atoms with E-state index in [1.807, 2.05) is 14.2 Å². The summed E-state index contributed by atoms with van der Waals surface area (Å²) in [6.07, 6.45) is 13.0. The molecule has 0 radical (unpaired) electrons. The van der Waals surface area contributed by atoms with Crippen LogP contribution in [0.15, 0.2) is 20.8 Å². The van der Waals surface area contributed by atoms with E-state index >= 15 is 0 Å². The summed E-state index contributed by atoms with van der Waals surface area (Å²) in [5.41, 5.74) is 1.63. The Hall–Kier alpha value is 0.305. The molecule has 0 aliphatic heterocycles. The molecule has 1 aliphatic carbocycles. The Bertz CT molecular complexity index is 431. The molecule has 23 heavy (non-hydrogen) atoms. The number of hydrogen-bond donors (Lipinski definition) is 0. The van der Waals surface area contributed by atoms with Gasteiger partial charge < -0.3 is 0 Å². The normalized spacial score (nSPS) is 16.9. The molecule has 4 heteroatoms. The van der Waals surface area contributed by atoms with Crippen molar-refractivity contribution >= 4 is 8.56 Å². The van der Waals surface area contributed by atoms with Gasteiger partial charge in [0.25, 0.3) is 0 Å². The van der Waals surface area contributed by atoms with Gasteiger partial charge in [-0.1, -0.05) is 0 Å². The van der Waals surface area contributed by atoms with E-state index in [4.69, 9.17) is 8.85 Å². The van der Waals surface area contributed by atoms with Crippen molar-refractivity contribution < 1.29 is 24.9 Å². The summed E-state index contributed by atoms with van der Waals surface area (Å²) in [7, 11) is 1.43. The van der Waals surface area contributed by atoms with Crippen LogP contribution in [0.4, 0.5) is 0 Å². The van der Waals surface area contributed by atoms with Crippen molar-refractivity contribution in [2.45, 2.75) is 80.8 Å². The van der Waals surface area contributed by atoms with Gasteiger partial charge in [0.2, 0.25) is 0 Å². The molecule has 0 saturated carbocycles.